The standard InChI is InChI=1S/C18H18N2O4S/c1-25(23,24)14-6-4-5-12(11-14)17(21)20-16-8-3-2-7-15(16)18(22)19-13-9-10-13/h2-8,11,13H,9-10H2,1H3,(H,19,22)(H,20,21). The van der Waals surface area contributed by atoms with Crippen LogP contribution in [0, 0.1) is 0 Å². The minimum atomic E-state index is -3.40. The fourth-order valence-corrected chi connectivity index (χ4v) is 3.01. The number of sulfone groups is 1. The Kier molecular flexibility index (Phi) is 4.59. The van der Waals surface area contributed by atoms with Crippen molar-refractivity contribution in [1.29, 1.82) is 0 Å². The molecule has 25 heavy (non-hydrogen) atoms. The Labute approximate surface area is 146 Å². The van der Waals surface area contributed by atoms with Crippen molar-refractivity contribution in [3.8, 4) is 0 Å². The van der Waals surface area contributed by atoms with Crippen molar-refractivity contribution in [2.45, 2.75) is 23.8 Å². The Morgan fingerprint density at radius 3 is 2.40 bits per heavy atom. The summed E-state index contributed by atoms with van der Waals surface area (Å²) in [6.07, 6.45) is 3.03. The Balaban J connectivity index is 1.83. The number of rotatable bonds is 5. The minimum absolute atomic E-state index is 0.0694. The van der Waals surface area contributed by atoms with Gasteiger partial charge in [0.25, 0.3) is 11.8 Å². The molecule has 0 aromatic heterocycles. The van der Waals surface area contributed by atoms with E-state index < -0.39 is 15.7 Å². The zero-order valence-electron chi connectivity index (χ0n) is 13.7. The Hall–Kier alpha value is -2.67. The predicted octanol–water partition coefficient (Wildman–Crippen LogP) is 2.23. The SMILES string of the molecule is CS(=O)(=O)c1cccc(C(=O)Nc2ccccc2C(=O)NC2CC2)c1. The van der Waals surface area contributed by atoms with Gasteiger partial charge in [0.1, 0.15) is 0 Å². The van der Waals surface area contributed by atoms with Gasteiger partial charge in [-0.2, -0.15) is 0 Å². The molecular formula is C18H18N2O4S. The summed E-state index contributed by atoms with van der Waals surface area (Å²) in [5.41, 5.74) is 0.970. The first kappa shape index (κ1) is 17.2. The molecule has 2 amide bonds. The summed E-state index contributed by atoms with van der Waals surface area (Å²) in [6, 6.07) is 12.7. The van der Waals surface area contributed by atoms with Gasteiger partial charge >= 0.3 is 0 Å². The van der Waals surface area contributed by atoms with Gasteiger partial charge in [0.2, 0.25) is 0 Å². The highest BCUT2D eigenvalue weighted by Gasteiger charge is 2.25. The van der Waals surface area contributed by atoms with E-state index >= 15 is 0 Å². The molecule has 0 unspecified atom stereocenters. The topological polar surface area (TPSA) is 92.3 Å². The number of nitrogens with one attached hydrogen (secondary N) is 2. The van der Waals surface area contributed by atoms with Crippen molar-refractivity contribution in [2.24, 2.45) is 0 Å². The molecule has 7 heteroatoms. The molecule has 2 aromatic carbocycles. The Morgan fingerprint density at radius 2 is 1.72 bits per heavy atom. The van der Waals surface area contributed by atoms with Crippen LogP contribution in [0.15, 0.2) is 53.4 Å². The number of hydrogen-bond acceptors (Lipinski definition) is 4. The fraction of sp³-hybridized carbons (Fsp3) is 0.222. The van der Waals surface area contributed by atoms with E-state index in [2.05, 4.69) is 10.6 Å². The van der Waals surface area contributed by atoms with Crippen LogP contribution in [0.2, 0.25) is 0 Å². The molecule has 2 aromatic rings. The van der Waals surface area contributed by atoms with Crippen LogP contribution in [0.3, 0.4) is 0 Å². The molecule has 6 nitrogen and oxygen atoms in total. The van der Waals surface area contributed by atoms with Crippen LogP contribution < -0.4 is 10.6 Å². The fourth-order valence-electron chi connectivity index (χ4n) is 2.34. The first-order valence-electron chi connectivity index (χ1n) is 7.86. The molecule has 0 atom stereocenters. The third-order valence-electron chi connectivity index (χ3n) is 3.86. The summed E-state index contributed by atoms with van der Waals surface area (Å²) >= 11 is 0. The number of hydrogen-bond donors (Lipinski definition) is 2. The minimum Gasteiger partial charge on any atom is -0.349 e. The number of para-hydroxylation sites is 1. The van der Waals surface area contributed by atoms with Crippen LogP contribution in [0.4, 0.5) is 5.69 Å². The van der Waals surface area contributed by atoms with Crippen molar-refractivity contribution in [2.75, 3.05) is 11.6 Å². The smallest absolute Gasteiger partial charge is 0.255 e. The van der Waals surface area contributed by atoms with Crippen molar-refractivity contribution >= 4 is 27.3 Å². The molecule has 1 aliphatic carbocycles. The summed E-state index contributed by atoms with van der Waals surface area (Å²) < 4.78 is 23.3. The van der Waals surface area contributed by atoms with Gasteiger partial charge in [0.15, 0.2) is 9.84 Å². The zero-order valence-corrected chi connectivity index (χ0v) is 14.5. The number of anilines is 1. The highest BCUT2D eigenvalue weighted by Crippen LogP contribution is 2.22. The lowest BCUT2D eigenvalue weighted by molar-refractivity contribution is 0.0952. The molecule has 0 aliphatic heterocycles. The Morgan fingerprint density at radius 1 is 1.00 bits per heavy atom. The summed E-state index contributed by atoms with van der Waals surface area (Å²) in [7, 11) is -3.40. The maximum Gasteiger partial charge on any atom is 0.255 e. The van der Waals surface area contributed by atoms with Crippen molar-refractivity contribution in [3.63, 3.8) is 0 Å². The maximum atomic E-state index is 12.5. The van der Waals surface area contributed by atoms with E-state index in [4.69, 9.17) is 0 Å². The average Bonchev–Trinajstić information content (AvgIpc) is 3.38. The molecule has 130 valence electrons. The van der Waals surface area contributed by atoms with Gasteiger partial charge in [-0.1, -0.05) is 18.2 Å². The maximum absolute atomic E-state index is 12.5. The van der Waals surface area contributed by atoms with E-state index in [1.165, 1.54) is 24.3 Å². The van der Waals surface area contributed by atoms with Gasteiger partial charge in [0.05, 0.1) is 16.1 Å². The van der Waals surface area contributed by atoms with Crippen LogP contribution in [0.1, 0.15) is 33.6 Å². The van der Waals surface area contributed by atoms with E-state index in [1.807, 2.05) is 0 Å². The van der Waals surface area contributed by atoms with Gasteiger partial charge in [-0.25, -0.2) is 8.42 Å². The lowest BCUT2D eigenvalue weighted by Gasteiger charge is -2.11. The van der Waals surface area contributed by atoms with Crippen LogP contribution >= 0.6 is 0 Å². The summed E-state index contributed by atoms with van der Waals surface area (Å²) in [6.45, 7) is 0. The van der Waals surface area contributed by atoms with Crippen molar-refractivity contribution in [1.82, 2.24) is 5.32 Å². The van der Waals surface area contributed by atoms with Crippen LogP contribution in [0.25, 0.3) is 0 Å². The van der Waals surface area contributed by atoms with Gasteiger partial charge < -0.3 is 10.6 Å². The second-order valence-corrected chi connectivity index (χ2v) is 8.06. The summed E-state index contributed by atoms with van der Waals surface area (Å²) in [5, 5.41) is 5.57. The number of amides is 2. The molecular weight excluding hydrogens is 340 g/mol. The quantitative estimate of drug-likeness (QED) is 0.857. The van der Waals surface area contributed by atoms with E-state index in [1.54, 1.807) is 24.3 Å². The second-order valence-electron chi connectivity index (χ2n) is 6.05. The van der Waals surface area contributed by atoms with Crippen LogP contribution in [-0.2, 0) is 9.84 Å². The lowest BCUT2D eigenvalue weighted by Crippen LogP contribution is -2.27. The molecule has 0 saturated heterocycles. The highest BCUT2D eigenvalue weighted by atomic mass is 32.2. The molecule has 0 heterocycles. The normalized spacial score (nSPS) is 14.0. The summed E-state index contributed by atoms with van der Waals surface area (Å²) in [4.78, 5) is 24.8. The van der Waals surface area contributed by atoms with Gasteiger partial charge in [-0.15, -0.1) is 0 Å². The van der Waals surface area contributed by atoms with Gasteiger partial charge in [-0.3, -0.25) is 9.59 Å². The van der Waals surface area contributed by atoms with Crippen molar-refractivity contribution < 1.29 is 18.0 Å². The van der Waals surface area contributed by atoms with Gasteiger partial charge in [0, 0.05) is 17.9 Å². The van der Waals surface area contributed by atoms with E-state index in [0.717, 1.165) is 19.1 Å². The molecule has 0 spiro atoms. The second kappa shape index (κ2) is 6.68. The zero-order chi connectivity index (χ0) is 18.0. The third-order valence-corrected chi connectivity index (χ3v) is 4.97. The summed E-state index contributed by atoms with van der Waals surface area (Å²) in [5.74, 6) is -0.708. The first-order chi connectivity index (χ1) is 11.8. The molecule has 1 saturated carbocycles. The Bertz CT molecular complexity index is 934. The number of benzene rings is 2. The molecule has 0 radical (unpaired) electrons. The monoisotopic (exact) mass is 358 g/mol. The van der Waals surface area contributed by atoms with Crippen LogP contribution in [-0.4, -0.2) is 32.5 Å². The first-order valence-corrected chi connectivity index (χ1v) is 9.75. The molecule has 1 fully saturated rings. The predicted molar refractivity (Wildman–Crippen MR) is 94.4 cm³/mol. The molecule has 0 bridgehead atoms. The lowest BCUT2D eigenvalue weighted by atomic mass is 10.1. The van der Waals surface area contributed by atoms with Crippen molar-refractivity contribution in [3.05, 3.63) is 59.7 Å². The van der Waals surface area contributed by atoms with Crippen LogP contribution in [0.5, 0.6) is 0 Å². The largest absolute Gasteiger partial charge is 0.349 e. The van der Waals surface area contributed by atoms with E-state index in [-0.39, 0.29) is 22.4 Å². The number of carbonyl (C=O) groups excluding carboxylic acids is 2. The molecule has 3 rings (SSSR count). The molecule has 1 aliphatic rings. The third kappa shape index (κ3) is 4.24. The number of carbonyl (C=O) groups is 2. The highest BCUT2D eigenvalue weighted by molar-refractivity contribution is 7.90. The van der Waals surface area contributed by atoms with Gasteiger partial charge in [-0.05, 0) is 43.2 Å². The van der Waals surface area contributed by atoms with E-state index in [0.29, 0.717) is 11.3 Å². The van der Waals surface area contributed by atoms with E-state index in [9.17, 15) is 18.0 Å². The average molecular weight is 358 g/mol. The molecule has 2 N–H and O–H groups in total.